The van der Waals surface area contributed by atoms with Gasteiger partial charge in [-0.25, -0.2) is 4.39 Å². The van der Waals surface area contributed by atoms with Crippen LogP contribution in [-0.4, -0.2) is 18.7 Å². The Morgan fingerprint density at radius 3 is 2.40 bits per heavy atom. The molecule has 0 aliphatic heterocycles. The van der Waals surface area contributed by atoms with Crippen molar-refractivity contribution in [2.75, 3.05) is 13.1 Å². The van der Waals surface area contributed by atoms with Crippen LogP contribution in [0.2, 0.25) is 0 Å². The lowest BCUT2D eigenvalue weighted by Crippen LogP contribution is -2.40. The van der Waals surface area contributed by atoms with Crippen molar-refractivity contribution < 1.29 is 9.13 Å². The molecule has 0 saturated carbocycles. The summed E-state index contributed by atoms with van der Waals surface area (Å²) in [5, 5.41) is 3.22. The smallest absolute Gasteiger partial charge is 0.123 e. The Labute approximate surface area is 90.4 Å². The van der Waals surface area contributed by atoms with E-state index in [0.29, 0.717) is 5.75 Å². The summed E-state index contributed by atoms with van der Waals surface area (Å²) < 4.78 is 18.4. The Morgan fingerprint density at radius 2 is 1.87 bits per heavy atom. The second kappa shape index (κ2) is 5.12. The van der Waals surface area contributed by atoms with E-state index in [1.165, 1.54) is 12.1 Å². The van der Waals surface area contributed by atoms with Crippen molar-refractivity contribution in [3.05, 3.63) is 30.1 Å². The van der Waals surface area contributed by atoms with Crippen LogP contribution in [0.5, 0.6) is 5.75 Å². The fourth-order valence-corrected chi connectivity index (χ4v) is 1.28. The van der Waals surface area contributed by atoms with Crippen LogP contribution in [-0.2, 0) is 0 Å². The van der Waals surface area contributed by atoms with Crippen LogP contribution in [0.3, 0.4) is 0 Å². The number of halogens is 1. The van der Waals surface area contributed by atoms with Crippen LogP contribution >= 0.6 is 0 Å². The highest BCUT2D eigenvalue weighted by atomic mass is 19.1. The molecule has 1 rings (SSSR count). The van der Waals surface area contributed by atoms with Crippen LogP contribution < -0.4 is 10.1 Å². The number of rotatable bonds is 5. The third-order valence-electron chi connectivity index (χ3n) is 2.01. The summed E-state index contributed by atoms with van der Waals surface area (Å²) in [7, 11) is 0. The lowest BCUT2D eigenvalue weighted by molar-refractivity contribution is 0.108. The normalized spacial score (nSPS) is 11.5. The van der Waals surface area contributed by atoms with E-state index in [4.69, 9.17) is 4.74 Å². The number of benzene rings is 1. The third-order valence-corrected chi connectivity index (χ3v) is 2.01. The molecule has 0 saturated heterocycles. The van der Waals surface area contributed by atoms with Gasteiger partial charge in [0, 0.05) is 6.54 Å². The van der Waals surface area contributed by atoms with Gasteiger partial charge in [0.1, 0.15) is 17.2 Å². The maximum absolute atomic E-state index is 12.7. The van der Waals surface area contributed by atoms with Crippen molar-refractivity contribution in [1.29, 1.82) is 0 Å². The molecule has 0 atom stereocenters. The molecule has 0 aromatic heterocycles. The maximum Gasteiger partial charge on any atom is 0.123 e. The van der Waals surface area contributed by atoms with Crippen LogP contribution in [0.15, 0.2) is 24.3 Å². The van der Waals surface area contributed by atoms with Crippen LogP contribution in [0.4, 0.5) is 4.39 Å². The molecule has 1 aromatic carbocycles. The molecule has 0 spiro atoms. The summed E-state index contributed by atoms with van der Waals surface area (Å²) in [6.45, 7) is 7.73. The fourth-order valence-electron chi connectivity index (χ4n) is 1.28. The molecule has 0 amide bonds. The van der Waals surface area contributed by atoms with Crippen molar-refractivity contribution in [2.45, 2.75) is 26.4 Å². The minimum Gasteiger partial charge on any atom is -0.487 e. The van der Waals surface area contributed by atoms with Crippen molar-refractivity contribution in [2.24, 2.45) is 0 Å². The zero-order chi connectivity index (χ0) is 11.3. The Bertz CT molecular complexity index is 295. The van der Waals surface area contributed by atoms with E-state index < -0.39 is 0 Å². The van der Waals surface area contributed by atoms with Crippen LogP contribution in [0, 0.1) is 5.82 Å². The Hall–Kier alpha value is -1.09. The lowest BCUT2D eigenvalue weighted by atomic mass is 10.1. The van der Waals surface area contributed by atoms with Gasteiger partial charge < -0.3 is 10.1 Å². The van der Waals surface area contributed by atoms with Gasteiger partial charge in [-0.15, -0.1) is 0 Å². The fraction of sp³-hybridized carbons (Fsp3) is 0.500. The number of nitrogens with one attached hydrogen (secondary N) is 1. The lowest BCUT2D eigenvalue weighted by Gasteiger charge is -2.26. The Balaban J connectivity index is 2.56. The number of likely N-dealkylation sites (N-methyl/N-ethyl adjacent to an activating group) is 1. The van der Waals surface area contributed by atoms with Crippen molar-refractivity contribution >= 4 is 0 Å². The van der Waals surface area contributed by atoms with Gasteiger partial charge in [-0.2, -0.15) is 0 Å². The summed E-state index contributed by atoms with van der Waals surface area (Å²) in [6.07, 6.45) is 0. The predicted molar refractivity (Wildman–Crippen MR) is 59.7 cm³/mol. The topological polar surface area (TPSA) is 21.3 Å². The largest absolute Gasteiger partial charge is 0.487 e. The number of hydrogen-bond acceptors (Lipinski definition) is 2. The zero-order valence-corrected chi connectivity index (χ0v) is 9.51. The maximum atomic E-state index is 12.7. The molecular weight excluding hydrogens is 193 g/mol. The molecule has 3 heteroatoms. The van der Waals surface area contributed by atoms with E-state index in [0.717, 1.165) is 13.1 Å². The van der Waals surface area contributed by atoms with Crippen molar-refractivity contribution in [3.8, 4) is 5.75 Å². The minimum atomic E-state index is -0.284. The zero-order valence-electron chi connectivity index (χ0n) is 9.51. The van der Waals surface area contributed by atoms with Gasteiger partial charge in [-0.3, -0.25) is 0 Å². The van der Waals surface area contributed by atoms with Gasteiger partial charge in [-0.1, -0.05) is 6.92 Å². The van der Waals surface area contributed by atoms with Gasteiger partial charge in [0.15, 0.2) is 0 Å². The molecule has 0 bridgehead atoms. The molecule has 1 N–H and O–H groups in total. The summed E-state index contributed by atoms with van der Waals surface area (Å²) >= 11 is 0. The second-order valence-electron chi connectivity index (χ2n) is 4.10. The van der Waals surface area contributed by atoms with Gasteiger partial charge >= 0.3 is 0 Å². The van der Waals surface area contributed by atoms with E-state index in [1.54, 1.807) is 12.1 Å². The molecule has 84 valence electrons. The van der Waals surface area contributed by atoms with Crippen LogP contribution in [0.25, 0.3) is 0 Å². The van der Waals surface area contributed by atoms with Gasteiger partial charge in [0.05, 0.1) is 0 Å². The minimum absolute atomic E-state index is 0.244. The highest BCUT2D eigenvalue weighted by molar-refractivity contribution is 5.22. The van der Waals surface area contributed by atoms with Crippen LogP contribution in [0.1, 0.15) is 20.8 Å². The predicted octanol–water partition coefficient (Wildman–Crippen LogP) is 2.59. The van der Waals surface area contributed by atoms with Gasteiger partial charge in [-0.05, 0) is 44.7 Å². The molecule has 1 aromatic rings. The molecule has 0 fully saturated rings. The second-order valence-corrected chi connectivity index (χ2v) is 4.10. The first-order valence-corrected chi connectivity index (χ1v) is 5.19. The molecule has 15 heavy (non-hydrogen) atoms. The molecule has 0 aliphatic carbocycles. The summed E-state index contributed by atoms with van der Waals surface area (Å²) in [4.78, 5) is 0. The third kappa shape index (κ3) is 4.30. The molecule has 0 radical (unpaired) electrons. The molecule has 0 heterocycles. The molecular formula is C12H18FNO. The molecule has 0 aliphatic rings. The summed E-state index contributed by atoms with van der Waals surface area (Å²) in [5.74, 6) is 0.450. The van der Waals surface area contributed by atoms with Gasteiger partial charge in [0.2, 0.25) is 0 Å². The van der Waals surface area contributed by atoms with Crippen molar-refractivity contribution in [3.63, 3.8) is 0 Å². The average molecular weight is 211 g/mol. The Morgan fingerprint density at radius 1 is 1.27 bits per heavy atom. The van der Waals surface area contributed by atoms with Gasteiger partial charge in [0.25, 0.3) is 0 Å². The van der Waals surface area contributed by atoms with E-state index in [1.807, 2.05) is 20.8 Å². The van der Waals surface area contributed by atoms with Crippen molar-refractivity contribution in [1.82, 2.24) is 5.32 Å². The molecule has 0 unspecified atom stereocenters. The Kier molecular flexibility index (Phi) is 4.09. The molecule has 2 nitrogen and oxygen atoms in total. The first kappa shape index (κ1) is 12.0. The standard InChI is InChI=1S/C12H18FNO/c1-4-14-9-12(2,3)15-11-7-5-10(13)6-8-11/h5-8,14H,4,9H2,1-3H3. The first-order chi connectivity index (χ1) is 7.03. The SMILES string of the molecule is CCNCC(C)(C)Oc1ccc(F)cc1. The van der Waals surface area contributed by atoms with E-state index in [-0.39, 0.29) is 11.4 Å². The van der Waals surface area contributed by atoms with E-state index in [2.05, 4.69) is 5.32 Å². The average Bonchev–Trinajstić information content (AvgIpc) is 2.18. The number of hydrogen-bond donors (Lipinski definition) is 1. The highest BCUT2D eigenvalue weighted by Crippen LogP contribution is 2.17. The summed E-state index contributed by atoms with van der Waals surface area (Å²) in [5.41, 5.74) is -0.284. The van der Waals surface area contributed by atoms with E-state index in [9.17, 15) is 4.39 Å². The van der Waals surface area contributed by atoms with E-state index >= 15 is 0 Å². The quantitative estimate of drug-likeness (QED) is 0.808. The number of ether oxygens (including phenoxy) is 1. The highest BCUT2D eigenvalue weighted by Gasteiger charge is 2.18. The monoisotopic (exact) mass is 211 g/mol. The first-order valence-electron chi connectivity index (χ1n) is 5.19. The summed E-state index contributed by atoms with van der Waals surface area (Å²) in [6, 6.07) is 6.09.